The molecular weight excluding hydrogens is 156 g/mol. The Bertz CT molecular complexity index is 58.7. The van der Waals surface area contributed by atoms with Crippen LogP contribution in [0.2, 0.25) is 0 Å². The normalized spacial score (nSPS) is 34.3. The molecular formula is C4H9BrN2. The second kappa shape index (κ2) is 2.11. The molecule has 0 amide bonds. The summed E-state index contributed by atoms with van der Waals surface area (Å²) >= 11 is 3.47. The Balaban J connectivity index is 2.33. The summed E-state index contributed by atoms with van der Waals surface area (Å²) in [5.41, 5.74) is 0. The van der Waals surface area contributed by atoms with Gasteiger partial charge < -0.3 is 5.32 Å². The molecule has 1 aliphatic heterocycles. The molecule has 0 radical (unpaired) electrons. The Morgan fingerprint density at radius 2 is 2.57 bits per heavy atom. The van der Waals surface area contributed by atoms with Gasteiger partial charge in [0, 0.05) is 13.2 Å². The van der Waals surface area contributed by atoms with Crippen LogP contribution < -0.4 is 5.32 Å². The number of rotatable bonds is 0. The zero-order chi connectivity index (χ0) is 5.28. The van der Waals surface area contributed by atoms with E-state index in [2.05, 4.69) is 33.2 Å². The first-order valence-corrected chi connectivity index (χ1v) is 3.27. The lowest BCUT2D eigenvalue weighted by atomic mass is 10.7. The number of likely N-dealkylation sites (N-methyl/N-ethyl adjacent to an activating group) is 1. The predicted octanol–water partition coefficient (Wildman–Crippen LogP) is 0.200. The summed E-state index contributed by atoms with van der Waals surface area (Å²) in [5, 5.41) is 3.20. The average Bonchev–Trinajstić information content (AvgIpc) is 1.91. The van der Waals surface area contributed by atoms with Crippen molar-refractivity contribution in [1.82, 2.24) is 10.2 Å². The predicted molar refractivity (Wildman–Crippen MR) is 33.3 cm³/mol. The highest BCUT2D eigenvalue weighted by atomic mass is 79.9. The number of hydrogen-bond acceptors (Lipinski definition) is 2. The van der Waals surface area contributed by atoms with E-state index in [9.17, 15) is 0 Å². The largest absolute Gasteiger partial charge is 0.302 e. The molecule has 0 saturated carbocycles. The maximum Gasteiger partial charge on any atom is 0.0789 e. The van der Waals surface area contributed by atoms with Crippen LogP contribution in [0.25, 0.3) is 0 Å². The SMILES string of the molecule is CN1CNCC1Br. The first-order chi connectivity index (χ1) is 3.30. The summed E-state index contributed by atoms with van der Waals surface area (Å²) in [6.45, 7) is 2.08. The van der Waals surface area contributed by atoms with Gasteiger partial charge in [-0.2, -0.15) is 0 Å². The van der Waals surface area contributed by atoms with Crippen molar-refractivity contribution in [1.29, 1.82) is 0 Å². The van der Waals surface area contributed by atoms with Crippen molar-refractivity contribution >= 4 is 15.9 Å². The monoisotopic (exact) mass is 164 g/mol. The lowest BCUT2D eigenvalue weighted by molar-refractivity contribution is 0.394. The van der Waals surface area contributed by atoms with Gasteiger partial charge in [-0.05, 0) is 7.05 Å². The van der Waals surface area contributed by atoms with Crippen molar-refractivity contribution in [2.75, 3.05) is 20.3 Å². The number of nitrogens with zero attached hydrogens (tertiary/aromatic N) is 1. The first kappa shape index (κ1) is 5.54. The van der Waals surface area contributed by atoms with E-state index in [0.717, 1.165) is 13.2 Å². The standard InChI is InChI=1S/C4H9BrN2/c1-7-3-6-2-4(7)5/h4,6H,2-3H2,1H3. The van der Waals surface area contributed by atoms with E-state index in [1.54, 1.807) is 0 Å². The van der Waals surface area contributed by atoms with Gasteiger partial charge in [0.25, 0.3) is 0 Å². The molecule has 1 heterocycles. The van der Waals surface area contributed by atoms with E-state index in [0.29, 0.717) is 4.95 Å². The number of hydrogen-bond donors (Lipinski definition) is 1. The fourth-order valence-electron chi connectivity index (χ4n) is 0.615. The van der Waals surface area contributed by atoms with Crippen LogP contribution in [0.5, 0.6) is 0 Å². The lowest BCUT2D eigenvalue weighted by Gasteiger charge is -2.08. The van der Waals surface area contributed by atoms with Crippen LogP contribution >= 0.6 is 15.9 Å². The molecule has 0 spiro atoms. The molecule has 1 rings (SSSR count). The number of alkyl halides is 1. The van der Waals surface area contributed by atoms with Gasteiger partial charge in [0.05, 0.1) is 4.95 Å². The van der Waals surface area contributed by atoms with Crippen LogP contribution in [0.4, 0.5) is 0 Å². The molecule has 0 bridgehead atoms. The van der Waals surface area contributed by atoms with Crippen LogP contribution in [-0.4, -0.2) is 30.1 Å². The lowest BCUT2D eigenvalue weighted by Crippen LogP contribution is -2.20. The highest BCUT2D eigenvalue weighted by Crippen LogP contribution is 2.06. The van der Waals surface area contributed by atoms with Crippen LogP contribution in [0.1, 0.15) is 0 Å². The molecule has 2 nitrogen and oxygen atoms in total. The molecule has 1 unspecified atom stereocenters. The Hall–Kier alpha value is 0.400. The smallest absolute Gasteiger partial charge is 0.0789 e. The van der Waals surface area contributed by atoms with Crippen molar-refractivity contribution in [3.05, 3.63) is 0 Å². The van der Waals surface area contributed by atoms with Gasteiger partial charge in [-0.1, -0.05) is 15.9 Å². The topological polar surface area (TPSA) is 15.3 Å². The van der Waals surface area contributed by atoms with Gasteiger partial charge in [-0.25, -0.2) is 0 Å². The molecule has 0 aromatic carbocycles. The fraction of sp³-hybridized carbons (Fsp3) is 1.00. The molecule has 1 atom stereocenters. The second-order valence-corrected chi connectivity index (χ2v) is 2.86. The van der Waals surface area contributed by atoms with E-state index in [4.69, 9.17) is 0 Å². The Morgan fingerprint density at radius 3 is 2.71 bits per heavy atom. The Labute approximate surface area is 52.0 Å². The van der Waals surface area contributed by atoms with Gasteiger partial charge in [0.1, 0.15) is 0 Å². The third-order valence-corrected chi connectivity index (χ3v) is 2.18. The molecule has 0 aromatic rings. The summed E-state index contributed by atoms with van der Waals surface area (Å²) in [4.78, 5) is 2.76. The van der Waals surface area contributed by atoms with E-state index in [1.807, 2.05) is 0 Å². The van der Waals surface area contributed by atoms with E-state index in [1.165, 1.54) is 0 Å². The van der Waals surface area contributed by atoms with Crippen molar-refractivity contribution in [2.45, 2.75) is 4.95 Å². The summed E-state index contributed by atoms with van der Waals surface area (Å²) in [6.07, 6.45) is 0. The zero-order valence-electron chi connectivity index (χ0n) is 4.32. The van der Waals surface area contributed by atoms with Crippen molar-refractivity contribution in [2.24, 2.45) is 0 Å². The van der Waals surface area contributed by atoms with E-state index >= 15 is 0 Å². The Morgan fingerprint density at radius 1 is 1.86 bits per heavy atom. The molecule has 1 N–H and O–H groups in total. The molecule has 1 saturated heterocycles. The van der Waals surface area contributed by atoms with Crippen LogP contribution in [0.15, 0.2) is 0 Å². The summed E-state index contributed by atoms with van der Waals surface area (Å²) in [6, 6.07) is 0. The maximum absolute atomic E-state index is 3.47. The molecule has 0 aromatic heterocycles. The third kappa shape index (κ3) is 1.15. The minimum atomic E-state index is 0.549. The minimum absolute atomic E-state index is 0.549. The summed E-state index contributed by atoms with van der Waals surface area (Å²) < 4.78 is 0. The fourth-order valence-corrected chi connectivity index (χ4v) is 0.989. The molecule has 1 aliphatic rings. The van der Waals surface area contributed by atoms with Crippen molar-refractivity contribution in [3.8, 4) is 0 Å². The van der Waals surface area contributed by atoms with Crippen LogP contribution in [-0.2, 0) is 0 Å². The first-order valence-electron chi connectivity index (χ1n) is 2.36. The highest BCUT2D eigenvalue weighted by molar-refractivity contribution is 9.09. The van der Waals surface area contributed by atoms with Crippen LogP contribution in [0.3, 0.4) is 0 Å². The quantitative estimate of drug-likeness (QED) is 0.407. The number of nitrogens with one attached hydrogen (secondary N) is 1. The van der Waals surface area contributed by atoms with Crippen LogP contribution in [0, 0.1) is 0 Å². The van der Waals surface area contributed by atoms with Gasteiger partial charge in [-0.3, -0.25) is 4.90 Å². The molecule has 3 heteroatoms. The Kier molecular flexibility index (Phi) is 1.67. The average molecular weight is 165 g/mol. The van der Waals surface area contributed by atoms with E-state index < -0.39 is 0 Å². The van der Waals surface area contributed by atoms with Gasteiger partial charge in [-0.15, -0.1) is 0 Å². The van der Waals surface area contributed by atoms with Crippen molar-refractivity contribution in [3.63, 3.8) is 0 Å². The van der Waals surface area contributed by atoms with Gasteiger partial charge >= 0.3 is 0 Å². The molecule has 7 heavy (non-hydrogen) atoms. The third-order valence-electron chi connectivity index (χ3n) is 1.15. The maximum atomic E-state index is 3.47. The van der Waals surface area contributed by atoms with Gasteiger partial charge in [0.15, 0.2) is 0 Å². The highest BCUT2D eigenvalue weighted by Gasteiger charge is 2.15. The van der Waals surface area contributed by atoms with Gasteiger partial charge in [0.2, 0.25) is 0 Å². The number of halogens is 1. The van der Waals surface area contributed by atoms with Crippen molar-refractivity contribution < 1.29 is 0 Å². The molecule has 1 fully saturated rings. The second-order valence-electron chi connectivity index (χ2n) is 1.80. The van der Waals surface area contributed by atoms with E-state index in [-0.39, 0.29) is 0 Å². The summed E-state index contributed by atoms with van der Waals surface area (Å²) in [5.74, 6) is 0. The zero-order valence-corrected chi connectivity index (χ0v) is 5.90. The molecule has 0 aliphatic carbocycles. The minimum Gasteiger partial charge on any atom is -0.302 e. The summed E-state index contributed by atoms with van der Waals surface area (Å²) in [7, 11) is 2.08. The molecule has 42 valence electrons.